The smallest absolute Gasteiger partial charge is 0.264 e. The van der Waals surface area contributed by atoms with Gasteiger partial charge in [-0.2, -0.15) is 4.98 Å². The number of hydrogen-bond donors (Lipinski definition) is 4. The Morgan fingerprint density at radius 1 is 0.882 bits per heavy atom. The molecule has 3 aromatic carbocycles. The van der Waals surface area contributed by atoms with Crippen molar-refractivity contribution in [3.63, 3.8) is 0 Å². The zero-order valence-electron chi connectivity index (χ0n) is 38.7. The van der Waals surface area contributed by atoms with Crippen LogP contribution in [-0.2, 0) is 30.1 Å². The molecule has 0 aliphatic carbocycles. The van der Waals surface area contributed by atoms with Crippen LogP contribution in [0.3, 0.4) is 0 Å². The van der Waals surface area contributed by atoms with E-state index < -0.39 is 48.0 Å². The van der Waals surface area contributed by atoms with Crippen molar-refractivity contribution < 1.29 is 37.8 Å². The number of rotatable bonds is 22. The second kappa shape index (κ2) is 23.1. The van der Waals surface area contributed by atoms with Gasteiger partial charge in [0.15, 0.2) is 5.82 Å². The molecule has 3 aliphatic heterocycles. The molecule has 5 amide bonds. The average Bonchev–Trinajstić information content (AvgIpc) is 3.58. The second-order valence-electron chi connectivity index (χ2n) is 17.4. The molecule has 0 spiro atoms. The molecule has 0 radical (unpaired) electrons. The van der Waals surface area contributed by atoms with E-state index in [-0.39, 0.29) is 29.9 Å². The lowest BCUT2D eigenvalue weighted by Gasteiger charge is -2.36. The number of hydrogen-bond acceptors (Lipinski definition) is 14. The molecule has 68 heavy (non-hydrogen) atoms. The first-order valence-corrected chi connectivity index (χ1v) is 27.5. The van der Waals surface area contributed by atoms with Crippen LogP contribution in [0.4, 0.5) is 34.5 Å². The molecular formula is C48H59ClN9O8PS. The Morgan fingerprint density at radius 2 is 1.60 bits per heavy atom. The maximum absolute atomic E-state index is 13.3. The number of carbonyl (C=O) groups excluding carboxylic acids is 5. The normalized spacial score (nSPS) is 16.7. The van der Waals surface area contributed by atoms with Crippen LogP contribution < -0.4 is 36.2 Å². The van der Waals surface area contributed by atoms with Gasteiger partial charge in [0.1, 0.15) is 35.5 Å². The molecule has 20 heteroatoms. The number of unbranched alkanes of at least 4 members (excludes halogenated alkanes) is 5. The maximum Gasteiger partial charge on any atom is 0.264 e. The Balaban J connectivity index is 0.755. The summed E-state index contributed by atoms with van der Waals surface area (Å²) < 4.78 is 31.3. The van der Waals surface area contributed by atoms with Gasteiger partial charge in [0.2, 0.25) is 23.7 Å². The van der Waals surface area contributed by atoms with Crippen molar-refractivity contribution in [1.82, 2.24) is 25.1 Å². The Hall–Kier alpha value is -5.68. The van der Waals surface area contributed by atoms with Gasteiger partial charge in [-0.05, 0) is 94.7 Å². The third-order valence-corrected chi connectivity index (χ3v) is 15.6. The highest BCUT2D eigenvalue weighted by molar-refractivity contribution is 7.91. The molecule has 0 bridgehead atoms. The molecule has 1 aromatic heterocycles. The molecule has 4 heterocycles. The molecule has 2 unspecified atom stereocenters. The first-order valence-electron chi connectivity index (χ1n) is 23.1. The van der Waals surface area contributed by atoms with Crippen molar-refractivity contribution in [2.45, 2.75) is 70.3 Å². The van der Waals surface area contributed by atoms with Crippen LogP contribution in [0.25, 0.3) is 0 Å². The summed E-state index contributed by atoms with van der Waals surface area (Å²) in [6.45, 7) is 6.62. The fraction of sp³-hybridized carbons (Fsp3) is 0.438. The minimum Gasteiger partial charge on any atom is -0.616 e. The van der Waals surface area contributed by atoms with Gasteiger partial charge < -0.3 is 39.6 Å². The summed E-state index contributed by atoms with van der Waals surface area (Å²) in [7, 11) is -0.969. The Bertz CT molecular complexity index is 2560. The highest BCUT2D eigenvalue weighted by Gasteiger charge is 2.45. The number of fused-ring (bicyclic) bond motifs is 1. The number of para-hydroxylation sites is 1. The lowest BCUT2D eigenvalue weighted by Crippen LogP contribution is -2.54. The van der Waals surface area contributed by atoms with Gasteiger partial charge in [0.25, 0.3) is 11.8 Å². The number of imide groups is 2. The summed E-state index contributed by atoms with van der Waals surface area (Å²) in [4.78, 5) is 77.6. The lowest BCUT2D eigenvalue weighted by atomic mass is 10.0. The third kappa shape index (κ3) is 12.5. The lowest BCUT2D eigenvalue weighted by molar-refractivity contribution is -0.136. The van der Waals surface area contributed by atoms with Crippen LogP contribution >= 0.6 is 18.7 Å². The maximum atomic E-state index is 13.3. The van der Waals surface area contributed by atoms with Gasteiger partial charge in [-0.1, -0.05) is 47.4 Å². The van der Waals surface area contributed by atoms with Crippen molar-refractivity contribution in [2.24, 2.45) is 0 Å². The number of piperazine rings is 1. The highest BCUT2D eigenvalue weighted by atomic mass is 35.5. The van der Waals surface area contributed by atoms with Crippen LogP contribution in [0.1, 0.15) is 84.9 Å². The summed E-state index contributed by atoms with van der Waals surface area (Å²) in [5.74, 6) is 0.545. The first-order chi connectivity index (χ1) is 32.7. The number of benzene rings is 3. The number of nitrogens with one attached hydrogen (secondary N) is 4. The van der Waals surface area contributed by atoms with Gasteiger partial charge in [-0.25, -0.2) is 4.98 Å². The first kappa shape index (κ1) is 50.2. The van der Waals surface area contributed by atoms with Gasteiger partial charge >= 0.3 is 0 Å². The van der Waals surface area contributed by atoms with Crippen LogP contribution in [0, 0.1) is 0 Å². The zero-order valence-corrected chi connectivity index (χ0v) is 41.2. The van der Waals surface area contributed by atoms with Crippen molar-refractivity contribution in [1.29, 1.82) is 0 Å². The number of carbonyl (C=O) groups is 5. The quantitative estimate of drug-likeness (QED) is 0.0273. The largest absolute Gasteiger partial charge is 0.616 e. The molecule has 4 N–H and O–H groups in total. The van der Waals surface area contributed by atoms with E-state index in [1.165, 1.54) is 6.20 Å². The molecular weight excluding hydrogens is 929 g/mol. The van der Waals surface area contributed by atoms with E-state index in [1.54, 1.807) is 38.6 Å². The Kier molecular flexibility index (Phi) is 17.0. The highest BCUT2D eigenvalue weighted by Crippen LogP contribution is 2.39. The van der Waals surface area contributed by atoms with Gasteiger partial charge in [0.05, 0.1) is 35.8 Å². The van der Waals surface area contributed by atoms with Crippen LogP contribution in [0.15, 0.2) is 66.9 Å². The van der Waals surface area contributed by atoms with E-state index in [2.05, 4.69) is 36.1 Å². The second-order valence-corrected chi connectivity index (χ2v) is 22.7. The van der Waals surface area contributed by atoms with E-state index in [1.807, 2.05) is 47.4 Å². The van der Waals surface area contributed by atoms with Crippen LogP contribution in [0.2, 0.25) is 5.02 Å². The number of halogens is 1. The fourth-order valence-corrected chi connectivity index (χ4v) is 11.2. The van der Waals surface area contributed by atoms with Crippen molar-refractivity contribution in [3.8, 4) is 5.75 Å². The monoisotopic (exact) mass is 987 g/mol. The van der Waals surface area contributed by atoms with E-state index >= 15 is 0 Å². The average molecular weight is 989 g/mol. The van der Waals surface area contributed by atoms with Gasteiger partial charge in [-0.3, -0.25) is 34.2 Å². The summed E-state index contributed by atoms with van der Waals surface area (Å²) in [6, 6.07) is 17.2. The van der Waals surface area contributed by atoms with Crippen LogP contribution in [-0.4, -0.2) is 125 Å². The number of nitrogens with zero attached hydrogens (tertiary/aromatic N) is 5. The molecule has 3 aliphatic rings. The summed E-state index contributed by atoms with van der Waals surface area (Å²) >= 11 is 5.54. The van der Waals surface area contributed by atoms with Crippen molar-refractivity contribution >= 4 is 99.3 Å². The van der Waals surface area contributed by atoms with Gasteiger partial charge in [0, 0.05) is 68.3 Å². The molecule has 7 rings (SSSR count). The Labute approximate surface area is 405 Å². The van der Waals surface area contributed by atoms with Crippen molar-refractivity contribution in [2.75, 3.05) is 85.5 Å². The van der Waals surface area contributed by atoms with Crippen LogP contribution in [0.5, 0.6) is 5.75 Å². The SMILES string of the molecule is COc1cc(N2CCN(C(=O)CCCCCC[S+]([O-])CCCCCNc3cccc4c3C(=O)N(C3CCC(=O)NC3=O)C4=O)CC2)ccc1Nc1ncc(Cl)c(Nc2ccccc2P(C)(C)=O)n1. The number of amides is 5. The summed E-state index contributed by atoms with van der Waals surface area (Å²) in [5, 5.41) is 12.9. The zero-order chi connectivity index (χ0) is 48.4. The van der Waals surface area contributed by atoms with Crippen molar-refractivity contribution in [3.05, 3.63) is 83.0 Å². The van der Waals surface area contributed by atoms with E-state index in [9.17, 15) is 33.1 Å². The van der Waals surface area contributed by atoms with E-state index in [4.69, 9.17) is 16.3 Å². The number of ether oxygens (including phenoxy) is 1. The molecule has 2 fully saturated rings. The molecule has 2 saturated heterocycles. The Morgan fingerprint density at radius 3 is 2.34 bits per heavy atom. The van der Waals surface area contributed by atoms with Gasteiger partial charge in [-0.15, -0.1) is 0 Å². The minimum atomic E-state index is -2.57. The molecule has 362 valence electrons. The summed E-state index contributed by atoms with van der Waals surface area (Å²) in [5.41, 5.74) is 3.30. The predicted octanol–water partition coefficient (Wildman–Crippen LogP) is 6.91. The number of aromatic nitrogens is 2. The number of piperidine rings is 1. The van der Waals surface area contributed by atoms with E-state index in [0.717, 1.165) is 55.5 Å². The standard InChI is InChI=1S/C48H59ClN9O8PS/c1-66-39-30-32(19-20-35(39)53-48-51-31-34(49)44(55-48)52-36-15-8-9-17-40(36)67(2,3)64)56-24-26-57(27-25-56)42(60)18-7-4-5-11-28-68(65)29-12-6-10-23-50-37-16-13-14-33-43(37)47(63)58(46(33)62)38-21-22-41(59)54-45(38)61/h8-9,13-17,19-20,30-31,38,50H,4-7,10-12,18,21-29H2,1-3H3,(H,54,59,61)(H2,51,52,53,55). The number of methoxy groups -OCH3 is 1. The molecule has 4 aromatic rings. The summed E-state index contributed by atoms with van der Waals surface area (Å²) in [6.07, 6.45) is 8.08. The minimum absolute atomic E-state index is 0.0641. The fourth-order valence-electron chi connectivity index (χ4n) is 8.61. The topological polar surface area (TPSA) is 218 Å². The molecule has 2 atom stereocenters. The molecule has 0 saturated carbocycles. The number of anilines is 6. The third-order valence-electron chi connectivity index (χ3n) is 12.3. The predicted molar refractivity (Wildman–Crippen MR) is 267 cm³/mol. The van der Waals surface area contributed by atoms with E-state index in [0.29, 0.717) is 95.6 Å². The molecule has 17 nitrogen and oxygen atoms in total.